The van der Waals surface area contributed by atoms with Crippen molar-refractivity contribution in [3.05, 3.63) is 23.9 Å². The first kappa shape index (κ1) is 11.4. The molecule has 1 aromatic heterocycles. The number of rotatable bonds is 2. The van der Waals surface area contributed by atoms with E-state index >= 15 is 0 Å². The van der Waals surface area contributed by atoms with Crippen LogP contribution in [-0.4, -0.2) is 27.6 Å². The van der Waals surface area contributed by atoms with Gasteiger partial charge in [0.15, 0.2) is 17.2 Å². The second-order valence-electron chi connectivity index (χ2n) is 3.71. The number of alkyl halides is 2. The fourth-order valence-corrected chi connectivity index (χ4v) is 1.70. The van der Waals surface area contributed by atoms with Crippen LogP contribution in [0.1, 0.15) is 10.5 Å². The van der Waals surface area contributed by atoms with Crippen LogP contribution in [0.15, 0.2) is 18.2 Å². The van der Waals surface area contributed by atoms with Crippen LogP contribution in [0.2, 0.25) is 0 Å². The number of H-pyrrole nitrogens is 1. The number of carbonyl (C=O) groups excluding carboxylic acids is 1. The minimum absolute atomic E-state index is 0.0920. The van der Waals surface area contributed by atoms with Gasteiger partial charge >= 0.3 is 6.29 Å². The fourth-order valence-electron chi connectivity index (χ4n) is 1.70. The minimum Gasteiger partial charge on any atom is -0.395 e. The lowest BCUT2D eigenvalue weighted by Gasteiger charge is -2.04. The van der Waals surface area contributed by atoms with Crippen LogP contribution in [0.25, 0.3) is 11.3 Å². The van der Waals surface area contributed by atoms with Crippen LogP contribution in [0.4, 0.5) is 8.78 Å². The summed E-state index contributed by atoms with van der Waals surface area (Å²) in [4.78, 5) is 11.1. The molecule has 9 heteroatoms. The number of aromatic nitrogens is 3. The molecule has 0 fully saturated rings. The van der Waals surface area contributed by atoms with E-state index in [2.05, 4.69) is 24.9 Å². The third kappa shape index (κ3) is 1.84. The van der Waals surface area contributed by atoms with E-state index in [4.69, 9.17) is 5.73 Å². The van der Waals surface area contributed by atoms with Crippen molar-refractivity contribution in [3.63, 3.8) is 0 Å². The van der Waals surface area contributed by atoms with E-state index in [-0.39, 0.29) is 22.9 Å². The molecule has 0 unspecified atom stereocenters. The third-order valence-electron chi connectivity index (χ3n) is 2.46. The van der Waals surface area contributed by atoms with Crippen molar-refractivity contribution in [2.75, 3.05) is 0 Å². The van der Waals surface area contributed by atoms with Crippen molar-refractivity contribution in [3.8, 4) is 22.8 Å². The lowest BCUT2D eigenvalue weighted by molar-refractivity contribution is -0.286. The Morgan fingerprint density at radius 2 is 2.00 bits per heavy atom. The monoisotopic (exact) mass is 268 g/mol. The van der Waals surface area contributed by atoms with Crippen LogP contribution in [-0.2, 0) is 0 Å². The molecule has 98 valence electrons. The molecule has 0 spiro atoms. The Morgan fingerprint density at radius 3 is 2.74 bits per heavy atom. The molecule has 2 aromatic rings. The molecule has 0 saturated heterocycles. The van der Waals surface area contributed by atoms with Crippen molar-refractivity contribution >= 4 is 5.91 Å². The minimum atomic E-state index is -3.70. The molecular weight excluding hydrogens is 262 g/mol. The maximum absolute atomic E-state index is 12.9. The summed E-state index contributed by atoms with van der Waals surface area (Å²) in [5.74, 6) is -1.04. The van der Waals surface area contributed by atoms with Gasteiger partial charge in [-0.15, -0.1) is 8.78 Å². The molecule has 1 amide bonds. The highest BCUT2D eigenvalue weighted by Gasteiger charge is 2.43. The van der Waals surface area contributed by atoms with E-state index in [1.54, 1.807) is 0 Å². The Balaban J connectivity index is 2.05. The van der Waals surface area contributed by atoms with E-state index in [9.17, 15) is 13.6 Å². The maximum Gasteiger partial charge on any atom is 0.586 e. The first-order chi connectivity index (χ1) is 8.96. The topological polar surface area (TPSA) is 103 Å². The van der Waals surface area contributed by atoms with Crippen LogP contribution in [0, 0.1) is 0 Å². The summed E-state index contributed by atoms with van der Waals surface area (Å²) in [7, 11) is 0. The quantitative estimate of drug-likeness (QED) is 0.841. The number of benzene rings is 1. The van der Waals surface area contributed by atoms with Crippen molar-refractivity contribution in [1.82, 2.24) is 15.4 Å². The fraction of sp³-hybridized carbons (Fsp3) is 0.100. The van der Waals surface area contributed by atoms with Gasteiger partial charge in [-0.1, -0.05) is 0 Å². The summed E-state index contributed by atoms with van der Waals surface area (Å²) in [5.41, 5.74) is 5.52. The number of hydrogen-bond donors (Lipinski definition) is 2. The number of primary amides is 1. The molecule has 19 heavy (non-hydrogen) atoms. The van der Waals surface area contributed by atoms with Crippen molar-refractivity contribution in [1.29, 1.82) is 0 Å². The molecule has 0 atom stereocenters. The summed E-state index contributed by atoms with van der Waals surface area (Å²) >= 11 is 0. The molecule has 2 heterocycles. The van der Waals surface area contributed by atoms with Crippen LogP contribution < -0.4 is 15.2 Å². The van der Waals surface area contributed by atoms with Gasteiger partial charge in [0, 0.05) is 5.56 Å². The van der Waals surface area contributed by atoms with Gasteiger partial charge in [-0.3, -0.25) is 4.79 Å². The smallest absolute Gasteiger partial charge is 0.395 e. The Bertz CT molecular complexity index is 671. The zero-order valence-electron chi connectivity index (χ0n) is 9.18. The number of nitrogens with zero attached hydrogens (tertiary/aromatic N) is 2. The molecule has 1 aliphatic heterocycles. The van der Waals surface area contributed by atoms with Gasteiger partial charge in [0.25, 0.3) is 5.91 Å². The molecule has 1 aliphatic rings. The van der Waals surface area contributed by atoms with E-state index in [0.29, 0.717) is 5.56 Å². The average Bonchev–Trinajstić information content (AvgIpc) is 2.89. The predicted octanol–water partition coefficient (Wildman–Crippen LogP) is 0.892. The molecule has 7 nitrogen and oxygen atoms in total. The highest BCUT2D eigenvalue weighted by Crippen LogP contribution is 2.42. The highest BCUT2D eigenvalue weighted by atomic mass is 19.3. The number of hydrogen-bond acceptors (Lipinski definition) is 5. The van der Waals surface area contributed by atoms with Crippen molar-refractivity contribution in [2.45, 2.75) is 6.29 Å². The van der Waals surface area contributed by atoms with Gasteiger partial charge in [-0.05, 0) is 18.2 Å². The number of ether oxygens (including phenoxy) is 2. The highest BCUT2D eigenvalue weighted by molar-refractivity contribution is 5.96. The van der Waals surface area contributed by atoms with Gasteiger partial charge in [0.05, 0.1) is 0 Å². The number of fused-ring (bicyclic) bond motifs is 1. The second kappa shape index (κ2) is 3.64. The van der Waals surface area contributed by atoms with Gasteiger partial charge < -0.3 is 15.2 Å². The summed E-state index contributed by atoms with van der Waals surface area (Å²) in [6, 6.07) is 3.99. The Morgan fingerprint density at radius 1 is 1.26 bits per heavy atom. The largest absolute Gasteiger partial charge is 0.586 e. The first-order valence-corrected chi connectivity index (χ1v) is 5.07. The van der Waals surface area contributed by atoms with Crippen LogP contribution in [0.5, 0.6) is 11.5 Å². The second-order valence-corrected chi connectivity index (χ2v) is 3.71. The molecule has 3 rings (SSSR count). The Labute approximate surface area is 104 Å². The summed E-state index contributed by atoms with van der Waals surface area (Å²) < 4.78 is 34.3. The summed E-state index contributed by atoms with van der Waals surface area (Å²) in [5, 5.41) is 9.57. The van der Waals surface area contributed by atoms with Crippen molar-refractivity contribution < 1.29 is 23.0 Å². The number of amides is 1. The SMILES string of the molecule is NC(=O)c1n[nH]nc1-c1ccc2c(c1)OC(F)(F)O2. The summed E-state index contributed by atoms with van der Waals surface area (Å²) in [6.07, 6.45) is -3.70. The molecule has 0 radical (unpaired) electrons. The molecule has 0 bridgehead atoms. The average molecular weight is 268 g/mol. The van der Waals surface area contributed by atoms with E-state index in [1.807, 2.05) is 0 Å². The Hall–Kier alpha value is -2.71. The van der Waals surface area contributed by atoms with E-state index < -0.39 is 12.2 Å². The molecule has 1 aromatic carbocycles. The zero-order valence-corrected chi connectivity index (χ0v) is 9.18. The van der Waals surface area contributed by atoms with E-state index in [0.717, 1.165) is 0 Å². The third-order valence-corrected chi connectivity index (χ3v) is 2.46. The number of carbonyl (C=O) groups is 1. The molecule has 3 N–H and O–H groups in total. The Kier molecular flexibility index (Phi) is 2.18. The molecule has 0 aliphatic carbocycles. The number of halogens is 2. The summed E-state index contributed by atoms with van der Waals surface area (Å²) in [6.45, 7) is 0. The van der Waals surface area contributed by atoms with Gasteiger partial charge in [0.2, 0.25) is 0 Å². The zero-order chi connectivity index (χ0) is 13.6. The number of nitrogens with one attached hydrogen (secondary N) is 1. The molecular formula is C10H6F2N4O3. The lowest BCUT2D eigenvalue weighted by atomic mass is 10.1. The van der Waals surface area contributed by atoms with Gasteiger partial charge in [0.1, 0.15) is 5.69 Å². The van der Waals surface area contributed by atoms with Crippen molar-refractivity contribution in [2.24, 2.45) is 5.73 Å². The lowest BCUT2D eigenvalue weighted by Crippen LogP contribution is -2.25. The van der Waals surface area contributed by atoms with Gasteiger partial charge in [-0.2, -0.15) is 15.4 Å². The standard InChI is InChI=1S/C10H6F2N4O3/c11-10(12)18-5-2-1-4(3-6(5)19-10)7-8(9(13)17)15-16-14-7/h1-3H,(H2,13,17)(H,14,15,16). The molecule has 0 saturated carbocycles. The number of nitrogens with two attached hydrogens (primary N) is 1. The van der Waals surface area contributed by atoms with E-state index in [1.165, 1.54) is 18.2 Å². The van der Waals surface area contributed by atoms with Crippen LogP contribution >= 0.6 is 0 Å². The maximum atomic E-state index is 12.9. The number of aromatic amines is 1. The first-order valence-electron chi connectivity index (χ1n) is 5.07. The van der Waals surface area contributed by atoms with Crippen LogP contribution in [0.3, 0.4) is 0 Å². The normalized spacial score (nSPS) is 15.5. The predicted molar refractivity (Wildman–Crippen MR) is 56.5 cm³/mol. The van der Waals surface area contributed by atoms with Gasteiger partial charge in [-0.25, -0.2) is 0 Å².